The zero-order valence-electron chi connectivity index (χ0n) is 9.06. The molecule has 0 unspecified atom stereocenters. The number of carbonyl (C=O) groups excluding carboxylic acids is 1. The van der Waals surface area contributed by atoms with E-state index in [1.807, 2.05) is 42.5 Å². The van der Waals surface area contributed by atoms with E-state index in [4.69, 9.17) is 11.6 Å². The van der Waals surface area contributed by atoms with Crippen LogP contribution in [0.15, 0.2) is 48.5 Å². The minimum Gasteiger partial charge on any atom is -0.294 e. The molecule has 84 valence electrons. The molecule has 3 heteroatoms. The zero-order valence-corrected chi connectivity index (χ0v) is 9.82. The highest BCUT2D eigenvalue weighted by Crippen LogP contribution is 2.39. The summed E-state index contributed by atoms with van der Waals surface area (Å²) in [7, 11) is 0. The number of anilines is 1. The Morgan fingerprint density at radius 1 is 1.00 bits per heavy atom. The minimum atomic E-state index is -0.438. The number of benzene rings is 2. The van der Waals surface area contributed by atoms with E-state index in [1.165, 1.54) is 5.56 Å². The summed E-state index contributed by atoms with van der Waals surface area (Å²) in [6.07, 6.45) is 0. The number of rotatable bonds is 0. The van der Waals surface area contributed by atoms with Gasteiger partial charge < -0.3 is 0 Å². The van der Waals surface area contributed by atoms with Crippen molar-refractivity contribution in [3.8, 4) is 11.1 Å². The smallest absolute Gasteiger partial charge is 0.294 e. The van der Waals surface area contributed by atoms with Gasteiger partial charge in [0.15, 0.2) is 0 Å². The van der Waals surface area contributed by atoms with Crippen LogP contribution < -0.4 is 4.90 Å². The van der Waals surface area contributed by atoms with Crippen LogP contribution in [0.3, 0.4) is 0 Å². The van der Waals surface area contributed by atoms with Gasteiger partial charge >= 0.3 is 5.37 Å². The number of hydrogen-bond donors (Lipinski definition) is 0. The largest absolute Gasteiger partial charge is 0.321 e. The number of nitrogens with zero attached hydrogens (tertiary/aromatic N) is 1. The molecule has 1 heterocycles. The zero-order chi connectivity index (χ0) is 11.8. The summed E-state index contributed by atoms with van der Waals surface area (Å²) in [5.74, 6) is 0. The molecule has 0 N–H and O–H groups in total. The van der Waals surface area contributed by atoms with Crippen LogP contribution in [0.1, 0.15) is 5.56 Å². The molecule has 17 heavy (non-hydrogen) atoms. The predicted octanol–water partition coefficient (Wildman–Crippen LogP) is 4.03. The van der Waals surface area contributed by atoms with Gasteiger partial charge in [0.1, 0.15) is 0 Å². The average molecular weight is 244 g/mol. The maximum Gasteiger partial charge on any atom is 0.321 e. The molecular formula is C14H10ClNO. The molecule has 0 fully saturated rings. The monoisotopic (exact) mass is 243 g/mol. The van der Waals surface area contributed by atoms with Crippen molar-refractivity contribution in [2.24, 2.45) is 0 Å². The fourth-order valence-electron chi connectivity index (χ4n) is 2.27. The van der Waals surface area contributed by atoms with E-state index < -0.39 is 5.37 Å². The lowest BCUT2D eigenvalue weighted by Crippen LogP contribution is -2.28. The SMILES string of the molecule is O=C(Cl)N1Cc2ccccc2-c2ccccc21. The van der Waals surface area contributed by atoms with Crippen LogP contribution in [-0.4, -0.2) is 5.37 Å². The van der Waals surface area contributed by atoms with Crippen molar-refractivity contribution in [2.45, 2.75) is 6.54 Å². The van der Waals surface area contributed by atoms with Crippen LogP contribution in [0.25, 0.3) is 11.1 Å². The van der Waals surface area contributed by atoms with Crippen LogP contribution in [0, 0.1) is 0 Å². The Morgan fingerprint density at radius 2 is 1.65 bits per heavy atom. The fourth-order valence-corrected chi connectivity index (χ4v) is 2.42. The number of fused-ring (bicyclic) bond motifs is 3. The third kappa shape index (κ3) is 1.61. The van der Waals surface area contributed by atoms with Crippen molar-refractivity contribution in [1.82, 2.24) is 0 Å². The Hall–Kier alpha value is -1.80. The van der Waals surface area contributed by atoms with Crippen molar-refractivity contribution < 1.29 is 4.79 Å². The van der Waals surface area contributed by atoms with E-state index in [2.05, 4.69) is 6.07 Å². The Balaban J connectivity index is 2.26. The molecule has 1 amide bonds. The minimum absolute atomic E-state index is 0.438. The summed E-state index contributed by atoms with van der Waals surface area (Å²) in [5, 5.41) is -0.438. The Kier molecular flexibility index (Phi) is 2.37. The molecule has 2 aromatic rings. The Bertz CT molecular complexity index is 594. The van der Waals surface area contributed by atoms with E-state index in [-0.39, 0.29) is 0 Å². The van der Waals surface area contributed by atoms with Gasteiger partial charge in [-0.2, -0.15) is 0 Å². The molecule has 0 spiro atoms. The van der Waals surface area contributed by atoms with Crippen molar-refractivity contribution in [1.29, 1.82) is 0 Å². The Labute approximate surface area is 104 Å². The van der Waals surface area contributed by atoms with Gasteiger partial charge in [-0.3, -0.25) is 9.69 Å². The predicted molar refractivity (Wildman–Crippen MR) is 69.3 cm³/mol. The molecule has 2 nitrogen and oxygen atoms in total. The van der Waals surface area contributed by atoms with Gasteiger partial charge in [0, 0.05) is 5.56 Å². The van der Waals surface area contributed by atoms with E-state index in [0.29, 0.717) is 6.54 Å². The lowest BCUT2D eigenvalue weighted by atomic mass is 9.94. The highest BCUT2D eigenvalue weighted by Gasteiger charge is 2.24. The maximum absolute atomic E-state index is 11.5. The first-order valence-corrected chi connectivity index (χ1v) is 5.79. The first-order chi connectivity index (χ1) is 8.27. The van der Waals surface area contributed by atoms with Gasteiger partial charge in [-0.1, -0.05) is 42.5 Å². The number of halogens is 1. The van der Waals surface area contributed by atoms with E-state index in [1.54, 1.807) is 4.90 Å². The third-order valence-electron chi connectivity index (χ3n) is 3.04. The second-order valence-electron chi connectivity index (χ2n) is 4.01. The number of hydrogen-bond acceptors (Lipinski definition) is 1. The highest BCUT2D eigenvalue weighted by atomic mass is 35.5. The molecule has 2 aromatic carbocycles. The molecule has 1 aliphatic heterocycles. The summed E-state index contributed by atoms with van der Waals surface area (Å²) in [4.78, 5) is 13.1. The van der Waals surface area contributed by atoms with Gasteiger partial charge in [-0.25, -0.2) is 0 Å². The highest BCUT2D eigenvalue weighted by molar-refractivity contribution is 6.66. The summed E-state index contributed by atoms with van der Waals surface area (Å²) in [6, 6.07) is 15.9. The molecule has 0 radical (unpaired) electrons. The third-order valence-corrected chi connectivity index (χ3v) is 3.25. The fraction of sp³-hybridized carbons (Fsp3) is 0.0714. The van der Waals surface area contributed by atoms with Crippen molar-refractivity contribution in [2.75, 3.05) is 4.90 Å². The molecule has 0 aliphatic carbocycles. The number of para-hydroxylation sites is 1. The van der Waals surface area contributed by atoms with E-state index in [0.717, 1.165) is 16.8 Å². The van der Waals surface area contributed by atoms with Crippen molar-refractivity contribution in [3.63, 3.8) is 0 Å². The van der Waals surface area contributed by atoms with Crippen molar-refractivity contribution >= 4 is 22.7 Å². The van der Waals surface area contributed by atoms with Gasteiger partial charge in [-0.15, -0.1) is 0 Å². The standard InChI is InChI=1S/C14H10ClNO/c15-14(17)16-9-10-5-1-2-6-11(10)12-7-3-4-8-13(12)16/h1-8H,9H2. The van der Waals surface area contributed by atoms with Gasteiger partial charge in [-0.05, 0) is 28.8 Å². The normalized spacial score (nSPS) is 12.9. The Morgan fingerprint density at radius 3 is 2.41 bits per heavy atom. The van der Waals surface area contributed by atoms with E-state index >= 15 is 0 Å². The van der Waals surface area contributed by atoms with Crippen LogP contribution in [0.5, 0.6) is 0 Å². The maximum atomic E-state index is 11.5. The first-order valence-electron chi connectivity index (χ1n) is 5.41. The second-order valence-corrected chi connectivity index (χ2v) is 4.34. The molecule has 0 atom stereocenters. The molecular weight excluding hydrogens is 234 g/mol. The average Bonchev–Trinajstić information content (AvgIpc) is 2.37. The van der Waals surface area contributed by atoms with Gasteiger partial charge in [0.2, 0.25) is 0 Å². The quantitative estimate of drug-likeness (QED) is 0.505. The molecule has 0 aromatic heterocycles. The lowest BCUT2D eigenvalue weighted by molar-refractivity contribution is 0.264. The summed E-state index contributed by atoms with van der Waals surface area (Å²) in [6.45, 7) is 0.537. The van der Waals surface area contributed by atoms with Crippen LogP contribution in [0.2, 0.25) is 0 Å². The van der Waals surface area contributed by atoms with E-state index in [9.17, 15) is 4.79 Å². The van der Waals surface area contributed by atoms with Gasteiger partial charge in [0.25, 0.3) is 0 Å². The van der Waals surface area contributed by atoms with Crippen LogP contribution >= 0.6 is 11.6 Å². The molecule has 1 aliphatic rings. The molecule has 0 saturated carbocycles. The molecule has 0 saturated heterocycles. The lowest BCUT2D eigenvalue weighted by Gasteiger charge is -2.29. The van der Waals surface area contributed by atoms with Crippen molar-refractivity contribution in [3.05, 3.63) is 54.1 Å². The number of carbonyl (C=O) groups is 1. The second kappa shape index (κ2) is 3.90. The molecule has 3 rings (SSSR count). The first kappa shape index (κ1) is 10.4. The molecule has 0 bridgehead atoms. The van der Waals surface area contributed by atoms with Crippen LogP contribution in [-0.2, 0) is 6.54 Å². The summed E-state index contributed by atoms with van der Waals surface area (Å²) >= 11 is 5.64. The summed E-state index contributed by atoms with van der Waals surface area (Å²) < 4.78 is 0. The van der Waals surface area contributed by atoms with Gasteiger partial charge in [0.05, 0.1) is 12.2 Å². The van der Waals surface area contributed by atoms with Crippen LogP contribution in [0.4, 0.5) is 10.5 Å². The number of amides is 1. The summed E-state index contributed by atoms with van der Waals surface area (Å²) in [5.41, 5.74) is 4.24. The topological polar surface area (TPSA) is 20.3 Å².